The van der Waals surface area contributed by atoms with Crippen molar-refractivity contribution in [3.05, 3.63) is 44.0 Å². The normalized spacial score (nSPS) is 10.5. The topological polar surface area (TPSA) is 56.0 Å². The summed E-state index contributed by atoms with van der Waals surface area (Å²) in [5.41, 5.74) is 0.609. The second kappa shape index (κ2) is 3.75. The molecule has 0 radical (unpaired) electrons. The molecule has 0 N–H and O–H groups in total. The average Bonchev–Trinajstić information content (AvgIpc) is 2.19. The van der Waals surface area contributed by atoms with Gasteiger partial charge in [-0.3, -0.25) is 15.1 Å². The lowest BCUT2D eigenvalue weighted by Crippen LogP contribution is -1.89. The van der Waals surface area contributed by atoms with Crippen molar-refractivity contribution in [1.29, 1.82) is 0 Å². The number of fused-ring (bicyclic) bond motifs is 1. The number of hydrogen-bond donors (Lipinski definition) is 0. The number of pyridine rings is 1. The number of hydrogen-bond acceptors (Lipinski definition) is 3. The highest BCUT2D eigenvalue weighted by Gasteiger charge is 2.12. The SMILES string of the molecule is O=[N+]([O-])c1cc(Br)c2nccc(Cl)c2c1. The van der Waals surface area contributed by atoms with Gasteiger partial charge in [0.2, 0.25) is 0 Å². The number of nitro benzene ring substituents is 1. The molecule has 1 aromatic heterocycles. The zero-order valence-corrected chi connectivity index (χ0v) is 9.62. The maximum absolute atomic E-state index is 10.6. The summed E-state index contributed by atoms with van der Waals surface area (Å²) in [6.45, 7) is 0. The van der Waals surface area contributed by atoms with E-state index in [1.807, 2.05) is 0 Å². The molecular weight excluding hydrogens is 283 g/mol. The lowest BCUT2D eigenvalue weighted by Gasteiger charge is -2.01. The molecule has 0 saturated heterocycles. The summed E-state index contributed by atoms with van der Waals surface area (Å²) in [5.74, 6) is 0. The molecule has 0 aliphatic heterocycles. The molecule has 0 saturated carbocycles. The molecule has 0 aliphatic rings. The zero-order valence-electron chi connectivity index (χ0n) is 7.28. The molecule has 0 atom stereocenters. The van der Waals surface area contributed by atoms with Crippen molar-refractivity contribution in [3.63, 3.8) is 0 Å². The van der Waals surface area contributed by atoms with E-state index >= 15 is 0 Å². The number of nitrogens with zero attached hydrogens (tertiary/aromatic N) is 2. The fraction of sp³-hybridized carbons (Fsp3) is 0. The van der Waals surface area contributed by atoms with Gasteiger partial charge in [0.15, 0.2) is 0 Å². The Hall–Kier alpha value is -1.20. The van der Waals surface area contributed by atoms with E-state index in [-0.39, 0.29) is 5.69 Å². The van der Waals surface area contributed by atoms with Gasteiger partial charge in [0.05, 0.1) is 19.9 Å². The highest BCUT2D eigenvalue weighted by Crippen LogP contribution is 2.31. The minimum atomic E-state index is -0.465. The third kappa shape index (κ3) is 1.80. The number of nitro groups is 1. The van der Waals surface area contributed by atoms with E-state index in [2.05, 4.69) is 20.9 Å². The first-order chi connectivity index (χ1) is 7.09. The van der Waals surface area contributed by atoms with Crippen molar-refractivity contribution in [3.8, 4) is 0 Å². The summed E-state index contributed by atoms with van der Waals surface area (Å²) in [7, 11) is 0. The van der Waals surface area contributed by atoms with Gasteiger partial charge in [-0.1, -0.05) is 11.6 Å². The van der Waals surface area contributed by atoms with Crippen molar-refractivity contribution < 1.29 is 4.92 Å². The Morgan fingerprint density at radius 1 is 1.47 bits per heavy atom. The average molecular weight is 288 g/mol. The molecule has 4 nitrogen and oxygen atoms in total. The Kier molecular flexibility index (Phi) is 2.58. The van der Waals surface area contributed by atoms with E-state index in [1.165, 1.54) is 12.1 Å². The van der Waals surface area contributed by atoms with Gasteiger partial charge < -0.3 is 0 Å². The number of halogens is 2. The summed E-state index contributed by atoms with van der Waals surface area (Å²) in [6, 6.07) is 4.42. The fourth-order valence-electron chi connectivity index (χ4n) is 1.27. The molecule has 76 valence electrons. The number of aromatic nitrogens is 1. The number of benzene rings is 1. The number of non-ortho nitro benzene ring substituents is 1. The van der Waals surface area contributed by atoms with Gasteiger partial charge in [-0.2, -0.15) is 0 Å². The van der Waals surface area contributed by atoms with Gasteiger partial charge in [-0.05, 0) is 22.0 Å². The maximum atomic E-state index is 10.6. The second-order valence-electron chi connectivity index (χ2n) is 2.87. The Bertz CT molecular complexity index is 559. The zero-order chi connectivity index (χ0) is 11.0. The summed E-state index contributed by atoms with van der Waals surface area (Å²) in [4.78, 5) is 14.3. The summed E-state index contributed by atoms with van der Waals surface area (Å²) in [5, 5.41) is 11.6. The molecule has 0 unspecified atom stereocenters. The van der Waals surface area contributed by atoms with E-state index in [4.69, 9.17) is 11.6 Å². The predicted octanol–water partition coefficient (Wildman–Crippen LogP) is 3.56. The van der Waals surface area contributed by atoms with Gasteiger partial charge in [-0.25, -0.2) is 0 Å². The van der Waals surface area contributed by atoms with E-state index in [9.17, 15) is 10.1 Å². The molecule has 2 aromatic rings. The Labute approximate surface area is 98.2 Å². The quantitative estimate of drug-likeness (QED) is 0.595. The van der Waals surface area contributed by atoms with Crippen LogP contribution in [-0.4, -0.2) is 9.91 Å². The van der Waals surface area contributed by atoms with Crippen LogP contribution in [0.1, 0.15) is 0 Å². The standard InChI is InChI=1S/C9H4BrClN2O2/c10-7-4-5(13(14)15)3-6-8(11)1-2-12-9(6)7/h1-4H. The van der Waals surface area contributed by atoms with Gasteiger partial charge in [0.1, 0.15) is 0 Å². The van der Waals surface area contributed by atoms with Gasteiger partial charge in [0.25, 0.3) is 5.69 Å². The van der Waals surface area contributed by atoms with Crippen LogP contribution in [-0.2, 0) is 0 Å². The lowest BCUT2D eigenvalue weighted by atomic mass is 10.2. The van der Waals surface area contributed by atoms with Crippen LogP contribution in [0.2, 0.25) is 5.02 Å². The minimum absolute atomic E-state index is 0.00993. The monoisotopic (exact) mass is 286 g/mol. The molecule has 2 rings (SSSR count). The smallest absolute Gasteiger partial charge is 0.258 e. The van der Waals surface area contributed by atoms with E-state index in [0.717, 1.165) is 0 Å². The van der Waals surface area contributed by atoms with Crippen molar-refractivity contribution >= 4 is 44.1 Å². The predicted molar refractivity (Wildman–Crippen MR) is 61.1 cm³/mol. The largest absolute Gasteiger partial charge is 0.271 e. The fourth-order valence-corrected chi connectivity index (χ4v) is 2.02. The lowest BCUT2D eigenvalue weighted by molar-refractivity contribution is -0.384. The van der Waals surface area contributed by atoms with E-state index in [0.29, 0.717) is 20.4 Å². The van der Waals surface area contributed by atoms with Crippen molar-refractivity contribution in [2.75, 3.05) is 0 Å². The van der Waals surface area contributed by atoms with Crippen LogP contribution in [0.3, 0.4) is 0 Å². The molecule has 0 fully saturated rings. The molecule has 1 heterocycles. The molecule has 1 aromatic carbocycles. The highest BCUT2D eigenvalue weighted by molar-refractivity contribution is 9.10. The first-order valence-electron chi connectivity index (χ1n) is 3.98. The number of rotatable bonds is 1. The van der Waals surface area contributed by atoms with Crippen LogP contribution in [0.15, 0.2) is 28.9 Å². The first-order valence-corrected chi connectivity index (χ1v) is 5.15. The molecule has 15 heavy (non-hydrogen) atoms. The first kappa shape index (κ1) is 10.3. The van der Waals surface area contributed by atoms with Gasteiger partial charge >= 0.3 is 0 Å². The van der Waals surface area contributed by atoms with Crippen LogP contribution in [0, 0.1) is 10.1 Å². The Morgan fingerprint density at radius 2 is 2.20 bits per heavy atom. The van der Waals surface area contributed by atoms with Crippen molar-refractivity contribution in [2.24, 2.45) is 0 Å². The van der Waals surface area contributed by atoms with Gasteiger partial charge in [-0.15, -0.1) is 0 Å². The minimum Gasteiger partial charge on any atom is -0.258 e. The third-order valence-electron chi connectivity index (χ3n) is 1.94. The van der Waals surface area contributed by atoms with Crippen molar-refractivity contribution in [1.82, 2.24) is 4.98 Å². The molecule has 0 amide bonds. The van der Waals surface area contributed by atoms with E-state index < -0.39 is 4.92 Å². The Balaban J connectivity index is 2.85. The van der Waals surface area contributed by atoms with Crippen LogP contribution >= 0.6 is 27.5 Å². The third-order valence-corrected chi connectivity index (χ3v) is 2.87. The molecule has 0 bridgehead atoms. The summed E-state index contributed by atoms with van der Waals surface area (Å²) >= 11 is 9.15. The summed E-state index contributed by atoms with van der Waals surface area (Å²) in [6.07, 6.45) is 1.56. The summed E-state index contributed by atoms with van der Waals surface area (Å²) < 4.78 is 0.564. The highest BCUT2D eigenvalue weighted by atomic mass is 79.9. The molecular formula is C9H4BrClN2O2. The van der Waals surface area contributed by atoms with Gasteiger partial charge in [0, 0.05) is 23.7 Å². The maximum Gasteiger partial charge on any atom is 0.271 e. The van der Waals surface area contributed by atoms with Crippen LogP contribution in [0.5, 0.6) is 0 Å². The molecule has 0 aliphatic carbocycles. The second-order valence-corrected chi connectivity index (χ2v) is 4.14. The van der Waals surface area contributed by atoms with Crippen molar-refractivity contribution in [2.45, 2.75) is 0 Å². The van der Waals surface area contributed by atoms with Crippen LogP contribution in [0.4, 0.5) is 5.69 Å². The molecule has 0 spiro atoms. The van der Waals surface area contributed by atoms with Crippen LogP contribution in [0.25, 0.3) is 10.9 Å². The van der Waals surface area contributed by atoms with E-state index in [1.54, 1.807) is 12.3 Å². The Morgan fingerprint density at radius 3 is 2.87 bits per heavy atom. The van der Waals surface area contributed by atoms with Crippen LogP contribution < -0.4 is 0 Å². The molecule has 6 heteroatoms.